The summed E-state index contributed by atoms with van der Waals surface area (Å²) in [6.07, 6.45) is 2.43. The first-order chi connectivity index (χ1) is 7.19. The molecule has 1 aromatic rings. The van der Waals surface area contributed by atoms with Gasteiger partial charge in [-0.25, -0.2) is 0 Å². The maximum absolute atomic E-state index is 2.48. The van der Waals surface area contributed by atoms with Gasteiger partial charge in [0.1, 0.15) is 0 Å². The van der Waals surface area contributed by atoms with Gasteiger partial charge >= 0.3 is 0 Å². The van der Waals surface area contributed by atoms with Crippen LogP contribution in [-0.2, 0) is 0 Å². The molecule has 1 rings (SSSR count). The van der Waals surface area contributed by atoms with E-state index in [1.165, 1.54) is 29.7 Å². The van der Waals surface area contributed by atoms with Gasteiger partial charge < -0.3 is 4.90 Å². The van der Waals surface area contributed by atoms with Crippen LogP contribution in [-0.4, -0.2) is 13.1 Å². The second-order valence-corrected chi connectivity index (χ2v) is 4.26. The molecule has 0 bridgehead atoms. The minimum absolute atomic E-state index is 1.16. The summed E-state index contributed by atoms with van der Waals surface area (Å²) in [4.78, 5) is 2.48. The van der Waals surface area contributed by atoms with Crippen LogP contribution in [0.3, 0.4) is 0 Å². The van der Waals surface area contributed by atoms with E-state index in [0.717, 1.165) is 13.1 Å². The highest BCUT2D eigenvalue weighted by Crippen LogP contribution is 2.19. The van der Waals surface area contributed by atoms with E-state index in [4.69, 9.17) is 0 Å². The number of hydrogen-bond donors (Lipinski definition) is 0. The number of nitrogens with zero attached hydrogens (tertiary/aromatic N) is 1. The van der Waals surface area contributed by atoms with Gasteiger partial charge in [0.15, 0.2) is 0 Å². The topological polar surface area (TPSA) is 3.24 Å². The van der Waals surface area contributed by atoms with E-state index in [0.29, 0.717) is 0 Å². The molecule has 0 aromatic heterocycles. The summed E-state index contributed by atoms with van der Waals surface area (Å²) in [5, 5.41) is 0. The third-order valence-corrected chi connectivity index (χ3v) is 2.84. The molecule has 1 aromatic carbocycles. The van der Waals surface area contributed by atoms with Gasteiger partial charge in [0.2, 0.25) is 0 Å². The lowest BCUT2D eigenvalue weighted by Crippen LogP contribution is -2.24. The van der Waals surface area contributed by atoms with Gasteiger partial charge in [0, 0.05) is 18.8 Å². The van der Waals surface area contributed by atoms with Gasteiger partial charge in [0.05, 0.1) is 0 Å². The van der Waals surface area contributed by atoms with Crippen molar-refractivity contribution in [3.05, 3.63) is 29.3 Å². The van der Waals surface area contributed by atoms with Crippen molar-refractivity contribution in [1.82, 2.24) is 0 Å². The van der Waals surface area contributed by atoms with E-state index in [2.05, 4.69) is 50.8 Å². The Morgan fingerprint density at radius 2 is 1.53 bits per heavy atom. The smallest absolute Gasteiger partial charge is 0.0369 e. The lowest BCUT2D eigenvalue weighted by Gasteiger charge is -2.24. The third kappa shape index (κ3) is 3.26. The Morgan fingerprint density at radius 3 is 2.00 bits per heavy atom. The molecule has 0 fully saturated rings. The summed E-state index contributed by atoms with van der Waals surface area (Å²) in [6, 6.07) is 6.78. The monoisotopic (exact) mass is 205 g/mol. The SMILES string of the molecule is CCCN(CCC)c1ccc(C)c(C)c1. The Balaban J connectivity index is 2.85. The molecule has 0 amide bonds. The van der Waals surface area contributed by atoms with Crippen LogP contribution in [0.25, 0.3) is 0 Å². The number of benzene rings is 1. The highest BCUT2D eigenvalue weighted by Gasteiger charge is 2.04. The molecule has 0 unspecified atom stereocenters. The minimum atomic E-state index is 1.16. The van der Waals surface area contributed by atoms with Crippen molar-refractivity contribution in [3.8, 4) is 0 Å². The van der Waals surface area contributed by atoms with Crippen molar-refractivity contribution < 1.29 is 0 Å². The zero-order valence-corrected chi connectivity index (χ0v) is 10.5. The summed E-state index contributed by atoms with van der Waals surface area (Å²) in [6.45, 7) is 11.2. The summed E-state index contributed by atoms with van der Waals surface area (Å²) >= 11 is 0. The first-order valence-corrected chi connectivity index (χ1v) is 6.01. The summed E-state index contributed by atoms with van der Waals surface area (Å²) in [5.41, 5.74) is 4.15. The zero-order valence-electron chi connectivity index (χ0n) is 10.5. The molecular formula is C14H23N. The van der Waals surface area contributed by atoms with Gasteiger partial charge in [-0.1, -0.05) is 19.9 Å². The largest absolute Gasteiger partial charge is 0.372 e. The molecule has 0 atom stereocenters. The molecule has 0 spiro atoms. The summed E-state index contributed by atoms with van der Waals surface area (Å²) < 4.78 is 0. The van der Waals surface area contributed by atoms with Crippen LogP contribution in [0.4, 0.5) is 5.69 Å². The van der Waals surface area contributed by atoms with Gasteiger partial charge in [0.25, 0.3) is 0 Å². The van der Waals surface area contributed by atoms with Gasteiger partial charge in [-0.2, -0.15) is 0 Å². The minimum Gasteiger partial charge on any atom is -0.372 e. The number of anilines is 1. The van der Waals surface area contributed by atoms with Crippen LogP contribution in [0.5, 0.6) is 0 Å². The second-order valence-electron chi connectivity index (χ2n) is 4.26. The van der Waals surface area contributed by atoms with Crippen molar-refractivity contribution in [3.63, 3.8) is 0 Å². The van der Waals surface area contributed by atoms with E-state index in [9.17, 15) is 0 Å². The molecule has 0 aliphatic carbocycles. The van der Waals surface area contributed by atoms with Crippen LogP contribution in [0, 0.1) is 13.8 Å². The molecule has 0 heterocycles. The Morgan fingerprint density at radius 1 is 0.933 bits per heavy atom. The maximum atomic E-state index is 2.48. The van der Waals surface area contributed by atoms with E-state index >= 15 is 0 Å². The van der Waals surface area contributed by atoms with Gasteiger partial charge in [-0.3, -0.25) is 0 Å². The molecule has 1 heteroatoms. The maximum Gasteiger partial charge on any atom is 0.0369 e. The molecule has 0 aliphatic heterocycles. The quantitative estimate of drug-likeness (QED) is 0.704. The summed E-state index contributed by atoms with van der Waals surface area (Å²) in [7, 11) is 0. The highest BCUT2D eigenvalue weighted by atomic mass is 15.1. The van der Waals surface area contributed by atoms with Crippen molar-refractivity contribution in [2.24, 2.45) is 0 Å². The lowest BCUT2D eigenvalue weighted by atomic mass is 10.1. The Bertz CT molecular complexity index is 298. The predicted molar refractivity (Wildman–Crippen MR) is 68.7 cm³/mol. The average Bonchev–Trinajstić information content (AvgIpc) is 2.22. The standard InChI is InChI=1S/C14H23N/c1-5-9-15(10-6-2)14-8-7-12(3)13(4)11-14/h7-8,11H,5-6,9-10H2,1-4H3. The third-order valence-electron chi connectivity index (χ3n) is 2.84. The average molecular weight is 205 g/mol. The van der Waals surface area contributed by atoms with Crippen molar-refractivity contribution in [2.75, 3.05) is 18.0 Å². The zero-order chi connectivity index (χ0) is 11.3. The van der Waals surface area contributed by atoms with E-state index in [1.54, 1.807) is 0 Å². The first-order valence-electron chi connectivity index (χ1n) is 6.01. The van der Waals surface area contributed by atoms with E-state index in [-0.39, 0.29) is 0 Å². The fourth-order valence-electron chi connectivity index (χ4n) is 1.83. The molecule has 0 saturated heterocycles. The van der Waals surface area contributed by atoms with Crippen LogP contribution in [0.1, 0.15) is 37.8 Å². The fraction of sp³-hybridized carbons (Fsp3) is 0.571. The Labute approximate surface area is 94.1 Å². The molecule has 84 valence electrons. The Hall–Kier alpha value is -0.980. The normalized spacial score (nSPS) is 10.4. The second kappa shape index (κ2) is 5.79. The molecule has 0 saturated carbocycles. The molecule has 0 aliphatic rings. The lowest BCUT2D eigenvalue weighted by molar-refractivity contribution is 0.744. The molecule has 0 N–H and O–H groups in total. The number of hydrogen-bond acceptors (Lipinski definition) is 1. The Kier molecular flexibility index (Phi) is 4.67. The van der Waals surface area contributed by atoms with Crippen molar-refractivity contribution in [2.45, 2.75) is 40.5 Å². The van der Waals surface area contributed by atoms with Crippen molar-refractivity contribution >= 4 is 5.69 Å². The van der Waals surface area contributed by atoms with Gasteiger partial charge in [-0.05, 0) is 49.9 Å². The first kappa shape index (κ1) is 12.1. The van der Waals surface area contributed by atoms with Crippen LogP contribution < -0.4 is 4.90 Å². The number of rotatable bonds is 5. The molecule has 1 nitrogen and oxygen atoms in total. The van der Waals surface area contributed by atoms with Crippen molar-refractivity contribution in [1.29, 1.82) is 0 Å². The summed E-state index contributed by atoms with van der Waals surface area (Å²) in [5.74, 6) is 0. The predicted octanol–water partition coefficient (Wildman–Crippen LogP) is 3.93. The van der Waals surface area contributed by atoms with E-state index in [1.807, 2.05) is 0 Å². The van der Waals surface area contributed by atoms with E-state index < -0.39 is 0 Å². The van der Waals surface area contributed by atoms with Crippen LogP contribution in [0.15, 0.2) is 18.2 Å². The molecular weight excluding hydrogens is 182 g/mol. The molecule has 15 heavy (non-hydrogen) atoms. The number of aryl methyl sites for hydroxylation is 2. The molecule has 0 radical (unpaired) electrons. The van der Waals surface area contributed by atoms with Crippen LogP contribution >= 0.6 is 0 Å². The van der Waals surface area contributed by atoms with Crippen LogP contribution in [0.2, 0.25) is 0 Å². The van der Waals surface area contributed by atoms with Gasteiger partial charge in [-0.15, -0.1) is 0 Å². The highest BCUT2D eigenvalue weighted by molar-refractivity contribution is 5.50. The fourth-order valence-corrected chi connectivity index (χ4v) is 1.83.